The van der Waals surface area contributed by atoms with E-state index in [0.717, 1.165) is 18.4 Å². The van der Waals surface area contributed by atoms with Crippen molar-refractivity contribution in [1.29, 1.82) is 0 Å². The number of hydrogen-bond donors (Lipinski definition) is 0. The Morgan fingerprint density at radius 3 is 2.76 bits per heavy atom. The summed E-state index contributed by atoms with van der Waals surface area (Å²) in [5.74, 6) is 0.623. The Morgan fingerprint density at radius 2 is 2.00 bits per heavy atom. The van der Waals surface area contributed by atoms with Gasteiger partial charge in [-0.2, -0.15) is 0 Å². The summed E-state index contributed by atoms with van der Waals surface area (Å²) in [7, 11) is 0. The van der Waals surface area contributed by atoms with Gasteiger partial charge in [0.15, 0.2) is 0 Å². The molecular formula is C15H22O2. The quantitative estimate of drug-likeness (QED) is 0.600. The fourth-order valence-corrected chi connectivity index (χ4v) is 4.72. The molecule has 2 heteroatoms. The highest BCUT2D eigenvalue weighted by atomic mass is 16.5. The zero-order valence-electron chi connectivity index (χ0n) is 11.1. The van der Waals surface area contributed by atoms with Crippen molar-refractivity contribution in [1.82, 2.24) is 0 Å². The van der Waals surface area contributed by atoms with Crippen molar-refractivity contribution >= 4 is 5.97 Å². The van der Waals surface area contributed by atoms with Crippen molar-refractivity contribution in [3.63, 3.8) is 0 Å². The third-order valence-electron chi connectivity index (χ3n) is 5.47. The second-order valence-electron chi connectivity index (χ2n) is 6.91. The molecule has 94 valence electrons. The molecule has 1 heterocycles. The molecule has 0 aromatic carbocycles. The van der Waals surface area contributed by atoms with Crippen LogP contribution in [0.3, 0.4) is 0 Å². The molecule has 2 atom stereocenters. The average Bonchev–Trinajstić information content (AvgIpc) is 2.60. The van der Waals surface area contributed by atoms with Gasteiger partial charge in [-0.25, -0.2) is 4.79 Å². The molecule has 2 aliphatic carbocycles. The fourth-order valence-electron chi connectivity index (χ4n) is 4.72. The Morgan fingerprint density at radius 1 is 1.24 bits per heavy atom. The first-order chi connectivity index (χ1) is 7.95. The first-order valence-corrected chi connectivity index (χ1v) is 6.85. The van der Waals surface area contributed by atoms with Crippen LogP contribution in [0.1, 0.15) is 52.9 Å². The second-order valence-corrected chi connectivity index (χ2v) is 6.91. The Labute approximate surface area is 103 Å². The Balaban J connectivity index is 2.08. The van der Waals surface area contributed by atoms with Gasteiger partial charge in [0.25, 0.3) is 0 Å². The predicted molar refractivity (Wildman–Crippen MR) is 66.4 cm³/mol. The molecule has 0 amide bonds. The van der Waals surface area contributed by atoms with Gasteiger partial charge in [0.2, 0.25) is 0 Å². The summed E-state index contributed by atoms with van der Waals surface area (Å²) >= 11 is 0. The maximum absolute atomic E-state index is 12.0. The molecule has 17 heavy (non-hydrogen) atoms. The van der Waals surface area contributed by atoms with Crippen LogP contribution in [0, 0.1) is 16.7 Å². The molecule has 0 N–H and O–H groups in total. The van der Waals surface area contributed by atoms with Gasteiger partial charge < -0.3 is 4.74 Å². The summed E-state index contributed by atoms with van der Waals surface area (Å²) < 4.78 is 5.27. The van der Waals surface area contributed by atoms with E-state index in [1.165, 1.54) is 24.8 Å². The smallest absolute Gasteiger partial charge is 0.334 e. The summed E-state index contributed by atoms with van der Waals surface area (Å²) in [5, 5.41) is 0. The third kappa shape index (κ3) is 1.42. The van der Waals surface area contributed by atoms with Crippen LogP contribution < -0.4 is 0 Å². The minimum Gasteiger partial charge on any atom is -0.458 e. The van der Waals surface area contributed by atoms with E-state index < -0.39 is 0 Å². The fraction of sp³-hybridized carbons (Fsp3) is 0.800. The third-order valence-corrected chi connectivity index (χ3v) is 5.47. The number of rotatable bonds is 0. The van der Waals surface area contributed by atoms with Crippen molar-refractivity contribution < 1.29 is 9.53 Å². The largest absolute Gasteiger partial charge is 0.458 e. The van der Waals surface area contributed by atoms with Crippen molar-refractivity contribution in [2.24, 2.45) is 16.7 Å². The summed E-state index contributed by atoms with van der Waals surface area (Å²) in [4.78, 5) is 12.0. The summed E-state index contributed by atoms with van der Waals surface area (Å²) in [6.07, 6.45) is 6.01. The highest BCUT2D eigenvalue weighted by molar-refractivity contribution is 5.93. The lowest BCUT2D eigenvalue weighted by Gasteiger charge is -2.53. The van der Waals surface area contributed by atoms with Gasteiger partial charge in [-0.3, -0.25) is 0 Å². The maximum Gasteiger partial charge on any atom is 0.334 e. The predicted octanol–water partition coefficient (Wildman–Crippen LogP) is 3.47. The molecule has 0 bridgehead atoms. The molecule has 2 nitrogen and oxygen atoms in total. The Hall–Kier alpha value is -0.790. The van der Waals surface area contributed by atoms with Gasteiger partial charge >= 0.3 is 5.97 Å². The molecule has 3 aliphatic rings. The lowest BCUT2D eigenvalue weighted by Crippen LogP contribution is -2.46. The van der Waals surface area contributed by atoms with Gasteiger partial charge in [0, 0.05) is 11.0 Å². The first kappa shape index (κ1) is 11.3. The Bertz CT molecular complexity index is 405. The van der Waals surface area contributed by atoms with Crippen LogP contribution in [0.5, 0.6) is 0 Å². The van der Waals surface area contributed by atoms with Crippen molar-refractivity contribution in [3.8, 4) is 0 Å². The van der Waals surface area contributed by atoms with Gasteiger partial charge in [0.05, 0.1) is 0 Å². The van der Waals surface area contributed by atoms with E-state index in [0.29, 0.717) is 17.9 Å². The molecule has 0 spiro atoms. The number of carbonyl (C=O) groups is 1. The highest BCUT2D eigenvalue weighted by Crippen LogP contribution is 2.60. The topological polar surface area (TPSA) is 26.3 Å². The zero-order valence-corrected chi connectivity index (χ0v) is 11.1. The standard InChI is InChI=1S/C15H22O2/c1-14(2)7-4-8-15(3)11(14)6-5-10-9-17-13(16)12(10)15/h11H,4-9H2,1-3H3/t11?,15-/m0/s1. The molecule has 0 radical (unpaired) electrons. The van der Waals surface area contributed by atoms with Gasteiger partial charge in [-0.1, -0.05) is 27.2 Å². The lowest BCUT2D eigenvalue weighted by atomic mass is 9.50. The van der Waals surface area contributed by atoms with E-state index in [4.69, 9.17) is 4.74 Å². The SMILES string of the molecule is CC1(C)CCC[C@]2(C)C3=C(CCC12)COC3=O. The number of hydrogen-bond acceptors (Lipinski definition) is 2. The van der Waals surface area contributed by atoms with Gasteiger partial charge in [-0.15, -0.1) is 0 Å². The van der Waals surface area contributed by atoms with E-state index in [9.17, 15) is 4.79 Å². The summed E-state index contributed by atoms with van der Waals surface area (Å²) in [5.41, 5.74) is 2.81. The molecule has 1 fully saturated rings. The Kier molecular flexibility index (Phi) is 2.24. The minimum atomic E-state index is -0.0232. The monoisotopic (exact) mass is 234 g/mol. The van der Waals surface area contributed by atoms with Crippen LogP contribution in [0.4, 0.5) is 0 Å². The molecular weight excluding hydrogens is 212 g/mol. The van der Waals surface area contributed by atoms with Crippen LogP contribution in [0.15, 0.2) is 11.1 Å². The zero-order chi connectivity index (χ0) is 12.3. The van der Waals surface area contributed by atoms with Crippen molar-refractivity contribution in [2.45, 2.75) is 52.9 Å². The van der Waals surface area contributed by atoms with Crippen molar-refractivity contribution in [2.75, 3.05) is 6.61 Å². The molecule has 0 aromatic heterocycles. The molecule has 0 saturated heterocycles. The van der Waals surface area contributed by atoms with E-state index >= 15 is 0 Å². The molecule has 1 aliphatic heterocycles. The van der Waals surface area contributed by atoms with Gasteiger partial charge in [0.1, 0.15) is 6.61 Å². The molecule has 0 aromatic rings. The van der Waals surface area contributed by atoms with Crippen molar-refractivity contribution in [3.05, 3.63) is 11.1 Å². The molecule has 3 rings (SSSR count). The lowest BCUT2D eigenvalue weighted by molar-refractivity contribution is -0.138. The average molecular weight is 234 g/mol. The number of ether oxygens (including phenoxy) is 1. The van der Waals surface area contributed by atoms with Crippen LogP contribution >= 0.6 is 0 Å². The van der Waals surface area contributed by atoms with Crippen LogP contribution in [-0.2, 0) is 9.53 Å². The number of cyclic esters (lactones) is 1. The van der Waals surface area contributed by atoms with Gasteiger partial charge in [-0.05, 0) is 42.6 Å². The normalized spacial score (nSPS) is 39.7. The molecule has 1 unspecified atom stereocenters. The minimum absolute atomic E-state index is 0.0232. The maximum atomic E-state index is 12.0. The summed E-state index contributed by atoms with van der Waals surface area (Å²) in [6.45, 7) is 7.62. The number of esters is 1. The van der Waals surface area contributed by atoms with E-state index in [1.807, 2.05) is 0 Å². The van der Waals surface area contributed by atoms with Crippen LogP contribution in [0.2, 0.25) is 0 Å². The van der Waals surface area contributed by atoms with E-state index in [-0.39, 0.29) is 11.4 Å². The first-order valence-electron chi connectivity index (χ1n) is 6.85. The highest BCUT2D eigenvalue weighted by Gasteiger charge is 2.54. The van der Waals surface area contributed by atoms with Crippen LogP contribution in [-0.4, -0.2) is 12.6 Å². The van der Waals surface area contributed by atoms with E-state index in [1.54, 1.807) is 0 Å². The second kappa shape index (κ2) is 3.37. The summed E-state index contributed by atoms with van der Waals surface area (Å²) in [6, 6.07) is 0. The number of carbonyl (C=O) groups excluding carboxylic acids is 1. The number of fused-ring (bicyclic) bond motifs is 2. The molecule has 1 saturated carbocycles. The van der Waals surface area contributed by atoms with E-state index in [2.05, 4.69) is 20.8 Å². The van der Waals surface area contributed by atoms with Crippen LogP contribution in [0.25, 0.3) is 0 Å².